The summed E-state index contributed by atoms with van der Waals surface area (Å²) in [6, 6.07) is 4.43. The maximum absolute atomic E-state index is 12.6. The van der Waals surface area contributed by atoms with Crippen molar-refractivity contribution in [3.8, 4) is 0 Å². The highest BCUT2D eigenvalue weighted by Gasteiger charge is 2.50. The summed E-state index contributed by atoms with van der Waals surface area (Å²) >= 11 is 0. The van der Waals surface area contributed by atoms with Crippen LogP contribution in [0.25, 0.3) is 6.08 Å². The number of rotatable bonds is 6. The molecular weight excluding hydrogens is 395 g/mol. The van der Waals surface area contributed by atoms with Crippen molar-refractivity contribution in [2.75, 3.05) is 13.2 Å². The second-order valence-electron chi connectivity index (χ2n) is 9.26. The third-order valence-corrected chi connectivity index (χ3v) is 6.82. The lowest BCUT2D eigenvalue weighted by atomic mass is 9.49. The summed E-state index contributed by atoms with van der Waals surface area (Å²) in [5.41, 5.74) is -0.0965. The minimum absolute atomic E-state index is 0.219. The van der Waals surface area contributed by atoms with Gasteiger partial charge in [0.15, 0.2) is 6.61 Å². The molecule has 4 fully saturated rings. The Labute approximate surface area is 173 Å². The van der Waals surface area contributed by atoms with Crippen LogP contribution in [0.2, 0.25) is 0 Å². The van der Waals surface area contributed by atoms with Crippen molar-refractivity contribution < 1.29 is 27.5 Å². The molecule has 1 N–H and O–H groups in total. The molecule has 0 atom stereocenters. The van der Waals surface area contributed by atoms with Crippen LogP contribution in [0.1, 0.15) is 49.7 Å². The van der Waals surface area contributed by atoms with E-state index >= 15 is 0 Å². The van der Waals surface area contributed by atoms with Gasteiger partial charge in [0, 0.05) is 12.6 Å². The zero-order chi connectivity index (χ0) is 21.4. The number of ether oxygens (including phenoxy) is 1. The van der Waals surface area contributed by atoms with Crippen molar-refractivity contribution in [2.24, 2.45) is 23.2 Å². The molecule has 1 aromatic rings. The molecule has 0 aliphatic heterocycles. The number of carbonyl (C=O) groups excluding carboxylic acids is 2. The van der Waals surface area contributed by atoms with Crippen LogP contribution in [0, 0.1) is 23.2 Å². The van der Waals surface area contributed by atoms with E-state index < -0.39 is 17.7 Å². The van der Waals surface area contributed by atoms with Crippen LogP contribution in [0.3, 0.4) is 0 Å². The molecule has 4 saturated carbocycles. The minimum atomic E-state index is -4.40. The fourth-order valence-electron chi connectivity index (χ4n) is 5.98. The smallest absolute Gasteiger partial charge is 0.416 e. The Morgan fingerprint density at radius 3 is 2.13 bits per heavy atom. The third kappa shape index (κ3) is 4.87. The van der Waals surface area contributed by atoms with Crippen molar-refractivity contribution in [2.45, 2.75) is 44.7 Å². The quantitative estimate of drug-likeness (QED) is 0.540. The maximum Gasteiger partial charge on any atom is 0.416 e. The molecule has 4 aliphatic rings. The van der Waals surface area contributed by atoms with E-state index in [0.717, 1.165) is 36.0 Å². The number of hydrogen-bond acceptors (Lipinski definition) is 3. The lowest BCUT2D eigenvalue weighted by Gasteiger charge is -2.56. The number of amides is 1. The number of alkyl halides is 3. The Bertz CT molecular complexity index is 794. The normalized spacial score (nSPS) is 29.9. The van der Waals surface area contributed by atoms with Gasteiger partial charge in [0.25, 0.3) is 5.91 Å². The van der Waals surface area contributed by atoms with Crippen LogP contribution < -0.4 is 5.32 Å². The van der Waals surface area contributed by atoms with Gasteiger partial charge in [-0.05, 0) is 85.5 Å². The minimum Gasteiger partial charge on any atom is -0.452 e. The lowest BCUT2D eigenvalue weighted by molar-refractivity contribution is -0.144. The average Bonchev–Trinajstić information content (AvgIpc) is 2.68. The standard InChI is InChI=1S/C23H26F3NO3/c24-23(25,26)19-4-1-15(2-5-19)3-6-21(29)30-13-20(28)27-14-22-10-16-7-17(11-22)9-18(8-16)12-22/h1-6,16-18H,7-14H2,(H,27,28)/b6-3+. The van der Waals surface area contributed by atoms with Gasteiger partial charge in [0.1, 0.15) is 0 Å². The molecule has 0 saturated heterocycles. The first-order valence-electron chi connectivity index (χ1n) is 10.5. The number of benzene rings is 1. The summed E-state index contributed by atoms with van der Waals surface area (Å²) in [6.45, 7) is 0.289. The zero-order valence-electron chi connectivity index (χ0n) is 16.7. The second-order valence-corrected chi connectivity index (χ2v) is 9.26. The van der Waals surface area contributed by atoms with Crippen molar-refractivity contribution >= 4 is 18.0 Å². The van der Waals surface area contributed by atoms with Gasteiger partial charge >= 0.3 is 12.1 Å². The van der Waals surface area contributed by atoms with Crippen molar-refractivity contribution in [3.63, 3.8) is 0 Å². The van der Waals surface area contributed by atoms with Gasteiger partial charge in [0.05, 0.1) is 5.56 Å². The topological polar surface area (TPSA) is 55.4 Å². The summed E-state index contributed by atoms with van der Waals surface area (Å²) in [7, 11) is 0. The fraction of sp³-hybridized carbons (Fsp3) is 0.565. The molecular formula is C23H26F3NO3. The van der Waals surface area contributed by atoms with Gasteiger partial charge in [-0.2, -0.15) is 13.2 Å². The van der Waals surface area contributed by atoms with Gasteiger partial charge in [-0.15, -0.1) is 0 Å². The molecule has 0 heterocycles. The van der Waals surface area contributed by atoms with Crippen molar-refractivity contribution in [3.05, 3.63) is 41.5 Å². The molecule has 4 nitrogen and oxygen atoms in total. The molecule has 0 spiro atoms. The van der Waals surface area contributed by atoms with E-state index in [9.17, 15) is 22.8 Å². The number of carbonyl (C=O) groups is 2. The molecule has 0 aromatic heterocycles. The fourth-order valence-corrected chi connectivity index (χ4v) is 5.98. The van der Waals surface area contributed by atoms with Gasteiger partial charge in [-0.25, -0.2) is 4.79 Å². The Morgan fingerprint density at radius 2 is 1.60 bits per heavy atom. The van der Waals surface area contributed by atoms with Crippen LogP contribution in [0.5, 0.6) is 0 Å². The second kappa shape index (κ2) is 8.08. The predicted molar refractivity (Wildman–Crippen MR) is 105 cm³/mol. The largest absolute Gasteiger partial charge is 0.452 e. The van der Waals surface area contributed by atoms with Crippen molar-refractivity contribution in [1.82, 2.24) is 5.32 Å². The molecule has 7 heteroatoms. The highest BCUT2D eigenvalue weighted by atomic mass is 19.4. The van der Waals surface area contributed by atoms with E-state index in [1.54, 1.807) is 0 Å². The van der Waals surface area contributed by atoms with Gasteiger partial charge < -0.3 is 10.1 Å². The van der Waals surface area contributed by atoms with Crippen molar-refractivity contribution in [1.29, 1.82) is 0 Å². The number of esters is 1. The SMILES string of the molecule is O=C(COC(=O)/C=C/c1ccc(C(F)(F)F)cc1)NCC12CC3CC(CC(C3)C1)C2. The molecule has 1 amide bonds. The van der Waals surface area contributed by atoms with Gasteiger partial charge in [-0.1, -0.05) is 12.1 Å². The number of hydrogen-bond donors (Lipinski definition) is 1. The monoisotopic (exact) mass is 421 g/mol. The first-order chi connectivity index (χ1) is 14.2. The Hall–Kier alpha value is -2.31. The molecule has 0 unspecified atom stereocenters. The summed E-state index contributed by atoms with van der Waals surface area (Å²) in [5, 5.41) is 2.94. The first-order valence-corrected chi connectivity index (χ1v) is 10.5. The van der Waals surface area contributed by atoms with Crippen LogP contribution >= 0.6 is 0 Å². The molecule has 5 rings (SSSR count). The van der Waals surface area contributed by atoms with Crippen LogP contribution in [0.4, 0.5) is 13.2 Å². The van der Waals surface area contributed by atoms with E-state index in [1.165, 1.54) is 56.7 Å². The lowest BCUT2D eigenvalue weighted by Crippen LogP contribution is -2.51. The molecule has 1 aromatic carbocycles. The molecule has 162 valence electrons. The van der Waals surface area contributed by atoms with E-state index in [-0.39, 0.29) is 17.9 Å². The summed E-state index contributed by atoms with van der Waals surface area (Å²) in [6.07, 6.45) is 5.66. The molecule has 4 bridgehead atoms. The number of nitrogens with one attached hydrogen (secondary N) is 1. The molecule has 0 radical (unpaired) electrons. The Balaban J connectivity index is 1.20. The predicted octanol–water partition coefficient (Wildman–Crippen LogP) is 4.59. The van der Waals surface area contributed by atoms with Crippen LogP contribution in [-0.4, -0.2) is 25.0 Å². The van der Waals surface area contributed by atoms with E-state index in [1.807, 2.05) is 0 Å². The highest BCUT2D eigenvalue weighted by molar-refractivity contribution is 5.89. The average molecular weight is 421 g/mol. The third-order valence-electron chi connectivity index (χ3n) is 6.82. The maximum atomic E-state index is 12.6. The Morgan fingerprint density at radius 1 is 1.03 bits per heavy atom. The van der Waals surface area contributed by atoms with Crippen LogP contribution in [0.15, 0.2) is 30.3 Å². The van der Waals surface area contributed by atoms with E-state index in [4.69, 9.17) is 4.74 Å². The van der Waals surface area contributed by atoms with E-state index in [0.29, 0.717) is 12.1 Å². The van der Waals surface area contributed by atoms with E-state index in [2.05, 4.69) is 5.32 Å². The van der Waals surface area contributed by atoms with Gasteiger partial charge in [0.2, 0.25) is 0 Å². The number of halogens is 3. The highest BCUT2D eigenvalue weighted by Crippen LogP contribution is 2.59. The zero-order valence-corrected chi connectivity index (χ0v) is 16.7. The van der Waals surface area contributed by atoms with Gasteiger partial charge in [-0.3, -0.25) is 4.79 Å². The molecule has 4 aliphatic carbocycles. The summed E-state index contributed by atoms with van der Waals surface area (Å²) in [4.78, 5) is 23.9. The molecule has 30 heavy (non-hydrogen) atoms. The summed E-state index contributed by atoms with van der Waals surface area (Å²) < 4.78 is 42.6. The van der Waals surface area contributed by atoms with Crippen LogP contribution in [-0.2, 0) is 20.5 Å². The summed E-state index contributed by atoms with van der Waals surface area (Å²) in [5.74, 6) is 1.39. The first kappa shape index (κ1) is 20.9. The Kier molecular flexibility index (Phi) is 5.64.